The zero-order valence-corrected chi connectivity index (χ0v) is 11.7. The molecule has 0 saturated carbocycles. The number of piperazine rings is 1. The summed E-state index contributed by atoms with van der Waals surface area (Å²) < 4.78 is 0. The molecule has 3 heteroatoms. The summed E-state index contributed by atoms with van der Waals surface area (Å²) in [5, 5.41) is 13.4. The van der Waals surface area contributed by atoms with Gasteiger partial charge in [-0.2, -0.15) is 0 Å². The number of hydrogen-bond acceptors (Lipinski definition) is 3. The summed E-state index contributed by atoms with van der Waals surface area (Å²) in [6.45, 7) is 16.4. The Morgan fingerprint density at radius 2 is 1.75 bits per heavy atom. The Hall–Kier alpha value is -0.120. The topological polar surface area (TPSA) is 35.5 Å². The molecule has 1 aliphatic heterocycles. The minimum Gasteiger partial charge on any atom is -0.394 e. The number of nitrogens with one attached hydrogen (secondary N) is 1. The SMILES string of the molecule is CC(C)(C)N1CCNCC1(CO)C(C)(C)C. The number of aliphatic hydroxyl groups excluding tert-OH is 1. The molecule has 0 aromatic carbocycles. The molecule has 1 aliphatic rings. The van der Waals surface area contributed by atoms with E-state index < -0.39 is 0 Å². The molecule has 0 bridgehead atoms. The van der Waals surface area contributed by atoms with Gasteiger partial charge in [-0.15, -0.1) is 0 Å². The second kappa shape index (κ2) is 4.28. The lowest BCUT2D eigenvalue weighted by atomic mass is 9.70. The highest BCUT2D eigenvalue weighted by molar-refractivity contribution is 5.07. The van der Waals surface area contributed by atoms with Gasteiger partial charge in [0.25, 0.3) is 0 Å². The van der Waals surface area contributed by atoms with Crippen LogP contribution in [0.5, 0.6) is 0 Å². The summed E-state index contributed by atoms with van der Waals surface area (Å²) in [5.74, 6) is 0. The molecular weight excluding hydrogens is 200 g/mol. The van der Waals surface area contributed by atoms with E-state index in [2.05, 4.69) is 51.8 Å². The van der Waals surface area contributed by atoms with Gasteiger partial charge in [-0.25, -0.2) is 0 Å². The van der Waals surface area contributed by atoms with Gasteiger partial charge in [0.15, 0.2) is 0 Å². The predicted octanol–water partition coefficient (Wildman–Crippen LogP) is 1.47. The first-order valence-corrected chi connectivity index (χ1v) is 6.24. The van der Waals surface area contributed by atoms with Crippen LogP contribution in [0, 0.1) is 5.41 Å². The van der Waals surface area contributed by atoms with Gasteiger partial charge in [-0.05, 0) is 26.2 Å². The molecule has 0 spiro atoms. The van der Waals surface area contributed by atoms with Crippen LogP contribution in [0.4, 0.5) is 0 Å². The third-order valence-corrected chi connectivity index (χ3v) is 3.91. The first kappa shape index (κ1) is 13.9. The largest absolute Gasteiger partial charge is 0.394 e. The third-order valence-electron chi connectivity index (χ3n) is 3.91. The van der Waals surface area contributed by atoms with Crippen LogP contribution in [-0.4, -0.2) is 47.3 Å². The predicted molar refractivity (Wildman–Crippen MR) is 68.6 cm³/mol. The van der Waals surface area contributed by atoms with E-state index in [0.29, 0.717) is 0 Å². The summed E-state index contributed by atoms with van der Waals surface area (Å²) in [4.78, 5) is 2.47. The van der Waals surface area contributed by atoms with Gasteiger partial charge in [0.1, 0.15) is 0 Å². The molecule has 0 amide bonds. The van der Waals surface area contributed by atoms with E-state index in [4.69, 9.17) is 0 Å². The number of rotatable bonds is 1. The lowest BCUT2D eigenvalue weighted by Gasteiger charge is -2.58. The van der Waals surface area contributed by atoms with Crippen molar-refractivity contribution in [3.8, 4) is 0 Å². The Morgan fingerprint density at radius 1 is 1.19 bits per heavy atom. The lowest BCUT2D eigenvalue weighted by Crippen LogP contribution is -2.73. The number of hydrogen-bond donors (Lipinski definition) is 2. The summed E-state index contributed by atoms with van der Waals surface area (Å²) in [6.07, 6.45) is 0. The molecule has 96 valence electrons. The van der Waals surface area contributed by atoms with Crippen LogP contribution in [0.2, 0.25) is 0 Å². The fourth-order valence-electron chi connectivity index (χ4n) is 2.82. The van der Waals surface area contributed by atoms with Gasteiger partial charge in [-0.3, -0.25) is 4.90 Å². The van der Waals surface area contributed by atoms with Gasteiger partial charge < -0.3 is 10.4 Å². The monoisotopic (exact) mass is 228 g/mol. The standard InChI is InChI=1S/C13H28N2O/c1-11(2,3)13(10-16)9-14-7-8-15(13)12(4,5)6/h14,16H,7-10H2,1-6H3. The number of aliphatic hydroxyl groups is 1. The highest BCUT2D eigenvalue weighted by atomic mass is 16.3. The zero-order valence-electron chi connectivity index (χ0n) is 11.7. The van der Waals surface area contributed by atoms with E-state index in [-0.39, 0.29) is 23.1 Å². The molecule has 2 N–H and O–H groups in total. The van der Waals surface area contributed by atoms with Gasteiger partial charge in [0, 0.05) is 25.2 Å². The van der Waals surface area contributed by atoms with Crippen molar-refractivity contribution >= 4 is 0 Å². The van der Waals surface area contributed by atoms with Crippen molar-refractivity contribution in [2.45, 2.75) is 52.6 Å². The molecule has 0 aliphatic carbocycles. The molecule has 1 atom stereocenters. The van der Waals surface area contributed by atoms with Crippen LogP contribution >= 0.6 is 0 Å². The fourth-order valence-corrected chi connectivity index (χ4v) is 2.82. The molecule has 16 heavy (non-hydrogen) atoms. The highest BCUT2D eigenvalue weighted by Gasteiger charge is 2.50. The first-order chi connectivity index (χ1) is 7.15. The Labute approximate surface area is 100 Å². The Morgan fingerprint density at radius 3 is 2.06 bits per heavy atom. The second-order valence-corrected chi connectivity index (χ2v) is 6.94. The molecule has 0 aromatic heterocycles. The third kappa shape index (κ3) is 2.27. The van der Waals surface area contributed by atoms with Gasteiger partial charge in [0.05, 0.1) is 12.1 Å². The fraction of sp³-hybridized carbons (Fsp3) is 1.00. The Balaban J connectivity index is 3.12. The quantitative estimate of drug-likeness (QED) is 0.713. The molecular formula is C13H28N2O. The van der Waals surface area contributed by atoms with Gasteiger partial charge >= 0.3 is 0 Å². The van der Waals surface area contributed by atoms with Crippen LogP contribution in [0.3, 0.4) is 0 Å². The van der Waals surface area contributed by atoms with Gasteiger partial charge in [0.2, 0.25) is 0 Å². The van der Waals surface area contributed by atoms with E-state index in [1.807, 2.05) is 0 Å². The molecule has 1 heterocycles. The average molecular weight is 228 g/mol. The Kier molecular flexibility index (Phi) is 3.73. The molecule has 1 rings (SSSR count). The molecule has 1 saturated heterocycles. The van der Waals surface area contributed by atoms with Crippen LogP contribution in [0.15, 0.2) is 0 Å². The molecule has 3 nitrogen and oxygen atoms in total. The summed E-state index contributed by atoms with van der Waals surface area (Å²) in [5.41, 5.74) is -0.00986. The second-order valence-electron chi connectivity index (χ2n) is 6.94. The molecule has 1 unspecified atom stereocenters. The summed E-state index contributed by atoms with van der Waals surface area (Å²) in [7, 11) is 0. The Bertz CT molecular complexity index is 239. The minimum absolute atomic E-state index is 0.0580. The maximum Gasteiger partial charge on any atom is 0.0633 e. The molecule has 0 radical (unpaired) electrons. The lowest BCUT2D eigenvalue weighted by molar-refractivity contribution is -0.106. The highest BCUT2D eigenvalue weighted by Crippen LogP contribution is 2.40. The van der Waals surface area contributed by atoms with Crippen LogP contribution in [-0.2, 0) is 0 Å². The van der Waals surface area contributed by atoms with E-state index in [9.17, 15) is 5.11 Å². The first-order valence-electron chi connectivity index (χ1n) is 6.24. The summed E-state index contributed by atoms with van der Waals surface area (Å²) in [6, 6.07) is 0. The normalized spacial score (nSPS) is 29.4. The molecule has 0 aromatic rings. The van der Waals surface area contributed by atoms with E-state index >= 15 is 0 Å². The summed E-state index contributed by atoms with van der Waals surface area (Å²) >= 11 is 0. The van der Waals surface area contributed by atoms with Crippen molar-refractivity contribution in [2.75, 3.05) is 26.2 Å². The average Bonchev–Trinajstić information content (AvgIpc) is 2.14. The van der Waals surface area contributed by atoms with Crippen molar-refractivity contribution in [1.29, 1.82) is 0 Å². The van der Waals surface area contributed by atoms with Crippen molar-refractivity contribution in [3.63, 3.8) is 0 Å². The van der Waals surface area contributed by atoms with Crippen molar-refractivity contribution in [3.05, 3.63) is 0 Å². The van der Waals surface area contributed by atoms with Crippen LogP contribution in [0.1, 0.15) is 41.5 Å². The van der Waals surface area contributed by atoms with Crippen molar-refractivity contribution in [1.82, 2.24) is 10.2 Å². The van der Waals surface area contributed by atoms with E-state index in [1.54, 1.807) is 0 Å². The number of nitrogens with zero attached hydrogens (tertiary/aromatic N) is 1. The van der Waals surface area contributed by atoms with E-state index in [0.717, 1.165) is 19.6 Å². The minimum atomic E-state index is -0.163. The van der Waals surface area contributed by atoms with Gasteiger partial charge in [-0.1, -0.05) is 20.8 Å². The van der Waals surface area contributed by atoms with Crippen molar-refractivity contribution < 1.29 is 5.11 Å². The molecule has 1 fully saturated rings. The van der Waals surface area contributed by atoms with E-state index in [1.165, 1.54) is 0 Å². The van der Waals surface area contributed by atoms with Crippen LogP contribution < -0.4 is 5.32 Å². The maximum absolute atomic E-state index is 9.93. The van der Waals surface area contributed by atoms with Crippen LogP contribution in [0.25, 0.3) is 0 Å². The maximum atomic E-state index is 9.93. The smallest absolute Gasteiger partial charge is 0.0633 e. The van der Waals surface area contributed by atoms with Crippen molar-refractivity contribution in [2.24, 2.45) is 5.41 Å². The zero-order chi connectivity index (χ0) is 12.6.